The highest BCUT2D eigenvalue weighted by atomic mass is 19.1. The molecule has 1 amide bonds. The van der Waals surface area contributed by atoms with Gasteiger partial charge in [0.2, 0.25) is 5.91 Å². The lowest BCUT2D eigenvalue weighted by molar-refractivity contribution is -0.131. The molecular weight excluding hydrogens is 381 g/mol. The van der Waals surface area contributed by atoms with Crippen molar-refractivity contribution < 1.29 is 14.0 Å². The van der Waals surface area contributed by atoms with Crippen molar-refractivity contribution in [2.45, 2.75) is 12.8 Å². The SMILES string of the molecule is CC(=O)C(C(=O)Nc1ccc(F)cc1)C(c1cccc2ccccc12)C(C#N)C#N. The van der Waals surface area contributed by atoms with Crippen LogP contribution in [0.4, 0.5) is 10.1 Å². The van der Waals surface area contributed by atoms with Gasteiger partial charge in [0.25, 0.3) is 0 Å². The number of nitriles is 2. The number of carbonyl (C=O) groups is 2. The normalized spacial score (nSPS) is 12.6. The van der Waals surface area contributed by atoms with Crippen molar-refractivity contribution >= 4 is 28.2 Å². The second-order valence-electron chi connectivity index (χ2n) is 6.91. The molecule has 0 spiro atoms. The molecule has 5 nitrogen and oxygen atoms in total. The Bertz CT molecular complexity index is 1160. The van der Waals surface area contributed by atoms with E-state index in [2.05, 4.69) is 5.32 Å². The van der Waals surface area contributed by atoms with E-state index in [0.29, 0.717) is 11.3 Å². The fourth-order valence-electron chi connectivity index (χ4n) is 3.64. The molecule has 0 aliphatic rings. The number of rotatable bonds is 6. The molecule has 2 unspecified atom stereocenters. The average molecular weight is 399 g/mol. The molecule has 1 N–H and O–H groups in total. The lowest BCUT2D eigenvalue weighted by Gasteiger charge is -2.26. The van der Waals surface area contributed by atoms with E-state index in [1.807, 2.05) is 42.5 Å². The fourth-order valence-corrected chi connectivity index (χ4v) is 3.64. The van der Waals surface area contributed by atoms with E-state index in [1.54, 1.807) is 12.1 Å². The van der Waals surface area contributed by atoms with Crippen LogP contribution in [0.1, 0.15) is 18.4 Å². The van der Waals surface area contributed by atoms with Gasteiger partial charge >= 0.3 is 0 Å². The largest absolute Gasteiger partial charge is 0.325 e. The molecule has 0 bridgehead atoms. The summed E-state index contributed by atoms with van der Waals surface area (Å²) in [5.74, 6) is -5.04. The summed E-state index contributed by atoms with van der Waals surface area (Å²) >= 11 is 0. The quantitative estimate of drug-likeness (QED) is 0.615. The number of Topliss-reactive ketones (excluding diaryl/α,β-unsaturated/α-hetero) is 1. The molecule has 0 fully saturated rings. The Morgan fingerprint density at radius 2 is 1.57 bits per heavy atom. The van der Waals surface area contributed by atoms with Crippen LogP contribution in [0.15, 0.2) is 66.7 Å². The van der Waals surface area contributed by atoms with E-state index in [0.717, 1.165) is 10.8 Å². The maximum absolute atomic E-state index is 13.2. The van der Waals surface area contributed by atoms with E-state index in [9.17, 15) is 24.5 Å². The van der Waals surface area contributed by atoms with Gasteiger partial charge in [0.15, 0.2) is 0 Å². The van der Waals surface area contributed by atoms with Gasteiger partial charge in [-0.2, -0.15) is 10.5 Å². The number of hydrogen-bond acceptors (Lipinski definition) is 4. The van der Waals surface area contributed by atoms with E-state index in [-0.39, 0.29) is 0 Å². The number of anilines is 1. The first-order valence-corrected chi connectivity index (χ1v) is 9.30. The molecule has 0 aromatic heterocycles. The number of nitrogens with zero attached hydrogens (tertiary/aromatic N) is 2. The Kier molecular flexibility index (Phi) is 6.20. The minimum atomic E-state index is -1.27. The molecule has 3 aromatic carbocycles. The standard InChI is InChI=1S/C24H18FN3O2/c1-15(29)22(24(30)28-19-11-9-18(25)10-12-19)23(17(13-26)14-27)21-8-4-6-16-5-2-3-7-20(16)21/h2-12,17,22-23H,1H3,(H,28,30). The van der Waals surface area contributed by atoms with E-state index >= 15 is 0 Å². The van der Waals surface area contributed by atoms with Gasteiger partial charge < -0.3 is 5.32 Å². The van der Waals surface area contributed by atoms with Crippen molar-refractivity contribution in [3.05, 3.63) is 78.1 Å². The van der Waals surface area contributed by atoms with Gasteiger partial charge in [-0.3, -0.25) is 9.59 Å². The molecule has 0 radical (unpaired) electrons. The van der Waals surface area contributed by atoms with Gasteiger partial charge in [-0.25, -0.2) is 4.39 Å². The zero-order chi connectivity index (χ0) is 21.7. The van der Waals surface area contributed by atoms with Crippen LogP contribution < -0.4 is 5.32 Å². The predicted molar refractivity (Wildman–Crippen MR) is 111 cm³/mol. The van der Waals surface area contributed by atoms with E-state index in [4.69, 9.17) is 0 Å². The first-order chi connectivity index (χ1) is 14.5. The first-order valence-electron chi connectivity index (χ1n) is 9.30. The van der Waals surface area contributed by atoms with Crippen molar-refractivity contribution in [1.29, 1.82) is 10.5 Å². The lowest BCUT2D eigenvalue weighted by Crippen LogP contribution is -2.36. The predicted octanol–water partition coefficient (Wildman–Crippen LogP) is 4.57. The molecule has 3 aromatic rings. The molecule has 0 aliphatic carbocycles. The fraction of sp³-hybridized carbons (Fsp3) is 0.167. The summed E-state index contributed by atoms with van der Waals surface area (Å²) in [7, 11) is 0. The number of carbonyl (C=O) groups excluding carboxylic acids is 2. The van der Waals surface area contributed by atoms with Crippen LogP contribution in [0.2, 0.25) is 0 Å². The number of benzene rings is 3. The molecule has 0 saturated carbocycles. The Morgan fingerprint density at radius 3 is 2.20 bits per heavy atom. The van der Waals surface area contributed by atoms with Gasteiger partial charge in [-0.05, 0) is 47.5 Å². The number of nitrogens with one attached hydrogen (secondary N) is 1. The zero-order valence-electron chi connectivity index (χ0n) is 16.2. The van der Waals surface area contributed by atoms with Crippen LogP contribution in [0.25, 0.3) is 10.8 Å². The van der Waals surface area contributed by atoms with E-state index < -0.39 is 35.3 Å². The number of hydrogen-bond donors (Lipinski definition) is 1. The van der Waals surface area contributed by atoms with Crippen LogP contribution in [0, 0.1) is 40.3 Å². The summed E-state index contributed by atoms with van der Waals surface area (Å²) in [6.45, 7) is 1.26. The van der Waals surface area contributed by atoms with Gasteiger partial charge in [0.1, 0.15) is 23.4 Å². The Labute approximate surface area is 173 Å². The second-order valence-corrected chi connectivity index (χ2v) is 6.91. The summed E-state index contributed by atoms with van der Waals surface area (Å²) in [6.07, 6.45) is 0. The number of fused-ring (bicyclic) bond motifs is 1. The smallest absolute Gasteiger partial charge is 0.235 e. The topological polar surface area (TPSA) is 93.8 Å². The minimum Gasteiger partial charge on any atom is -0.325 e. The van der Waals surface area contributed by atoms with Crippen molar-refractivity contribution in [2.24, 2.45) is 11.8 Å². The molecule has 3 rings (SSSR count). The number of ketones is 1. The highest BCUT2D eigenvalue weighted by Gasteiger charge is 2.40. The third-order valence-electron chi connectivity index (χ3n) is 5.01. The molecule has 6 heteroatoms. The Hall–Kier alpha value is -4.03. The molecule has 0 heterocycles. The molecule has 148 valence electrons. The lowest BCUT2D eigenvalue weighted by atomic mass is 9.74. The van der Waals surface area contributed by atoms with Crippen molar-refractivity contribution in [3.8, 4) is 12.1 Å². The van der Waals surface area contributed by atoms with Crippen LogP contribution in [-0.2, 0) is 9.59 Å². The maximum Gasteiger partial charge on any atom is 0.235 e. The summed E-state index contributed by atoms with van der Waals surface area (Å²) in [4.78, 5) is 25.7. The van der Waals surface area contributed by atoms with Crippen LogP contribution in [0.5, 0.6) is 0 Å². The number of halogens is 1. The van der Waals surface area contributed by atoms with Gasteiger partial charge in [0.05, 0.1) is 12.1 Å². The van der Waals surface area contributed by atoms with Crippen molar-refractivity contribution in [3.63, 3.8) is 0 Å². The second kappa shape index (κ2) is 8.98. The molecular formula is C24H18FN3O2. The van der Waals surface area contributed by atoms with Crippen LogP contribution in [-0.4, -0.2) is 11.7 Å². The molecule has 0 aliphatic heterocycles. The Morgan fingerprint density at radius 1 is 0.933 bits per heavy atom. The summed E-state index contributed by atoms with van der Waals surface area (Å²) in [5, 5.41) is 23.5. The Balaban J connectivity index is 2.11. The zero-order valence-corrected chi connectivity index (χ0v) is 16.2. The van der Waals surface area contributed by atoms with E-state index in [1.165, 1.54) is 31.2 Å². The first kappa shape index (κ1) is 20.7. The van der Waals surface area contributed by atoms with Gasteiger partial charge in [-0.15, -0.1) is 0 Å². The third kappa shape index (κ3) is 4.19. The number of amides is 1. The highest BCUT2D eigenvalue weighted by molar-refractivity contribution is 6.08. The summed E-state index contributed by atoms with van der Waals surface area (Å²) < 4.78 is 13.2. The third-order valence-corrected chi connectivity index (χ3v) is 5.01. The van der Waals surface area contributed by atoms with Crippen LogP contribution >= 0.6 is 0 Å². The van der Waals surface area contributed by atoms with Crippen LogP contribution in [0.3, 0.4) is 0 Å². The average Bonchev–Trinajstić information content (AvgIpc) is 2.75. The highest BCUT2D eigenvalue weighted by Crippen LogP contribution is 2.37. The summed E-state index contributed by atoms with van der Waals surface area (Å²) in [6, 6.07) is 21.8. The van der Waals surface area contributed by atoms with Crippen molar-refractivity contribution in [2.75, 3.05) is 5.32 Å². The summed E-state index contributed by atoms with van der Waals surface area (Å²) in [5.41, 5.74) is 0.894. The van der Waals surface area contributed by atoms with Gasteiger partial charge in [0, 0.05) is 11.6 Å². The maximum atomic E-state index is 13.2. The molecule has 2 atom stereocenters. The molecule has 0 saturated heterocycles. The van der Waals surface area contributed by atoms with Crippen molar-refractivity contribution in [1.82, 2.24) is 0 Å². The van der Waals surface area contributed by atoms with Gasteiger partial charge in [-0.1, -0.05) is 42.5 Å². The molecule has 30 heavy (non-hydrogen) atoms. The monoisotopic (exact) mass is 399 g/mol. The minimum absolute atomic E-state index is 0.315.